The fraction of sp³-hybridized carbons (Fsp3) is 0.818. The van der Waals surface area contributed by atoms with Crippen LogP contribution in [0.1, 0.15) is 37.4 Å². The molecule has 0 spiro atoms. The summed E-state index contributed by atoms with van der Waals surface area (Å²) in [6.45, 7) is 4.67. The predicted octanol–water partition coefficient (Wildman–Crippen LogP) is 1.92. The third kappa shape index (κ3) is 2.52. The zero-order valence-corrected chi connectivity index (χ0v) is 10.3. The zero-order valence-electron chi connectivity index (χ0n) is 9.48. The van der Waals surface area contributed by atoms with E-state index in [0.29, 0.717) is 5.92 Å². The van der Waals surface area contributed by atoms with E-state index in [1.807, 2.05) is 0 Å². The number of rotatable bonds is 5. The third-order valence-corrected chi connectivity index (χ3v) is 3.97. The maximum Gasteiger partial charge on any atom is 0.202 e. The van der Waals surface area contributed by atoms with Crippen LogP contribution in [0.3, 0.4) is 0 Å². The molecule has 0 amide bonds. The Bertz CT molecular complexity index is 342. The molecule has 1 aliphatic heterocycles. The lowest BCUT2D eigenvalue weighted by Gasteiger charge is -2.13. The molecule has 1 saturated heterocycles. The van der Waals surface area contributed by atoms with Gasteiger partial charge in [-0.1, -0.05) is 0 Å². The summed E-state index contributed by atoms with van der Waals surface area (Å²) in [7, 11) is 0. The number of aromatic nitrogens is 2. The first kappa shape index (κ1) is 10.5. The Hall–Kier alpha value is -0.680. The van der Waals surface area contributed by atoms with Crippen LogP contribution in [-0.2, 0) is 0 Å². The average Bonchev–Trinajstić information content (AvgIpc) is 2.83. The molecule has 1 saturated carbocycles. The summed E-state index contributed by atoms with van der Waals surface area (Å²) in [5.41, 5.74) is 0. The van der Waals surface area contributed by atoms with Crippen LogP contribution < -0.4 is 5.32 Å². The molecule has 1 aromatic rings. The van der Waals surface area contributed by atoms with Gasteiger partial charge in [0.2, 0.25) is 5.13 Å². The van der Waals surface area contributed by atoms with Crippen molar-refractivity contribution in [2.24, 2.45) is 0 Å². The number of anilines is 1. The highest BCUT2D eigenvalue weighted by atomic mass is 32.1. The highest BCUT2D eigenvalue weighted by Crippen LogP contribution is 2.39. The molecule has 2 heterocycles. The van der Waals surface area contributed by atoms with Gasteiger partial charge in [-0.25, -0.2) is 4.98 Å². The first-order valence-electron chi connectivity index (χ1n) is 6.21. The largest absolute Gasteiger partial charge is 0.359 e. The Morgan fingerprint density at radius 3 is 2.88 bits per heavy atom. The van der Waals surface area contributed by atoms with Gasteiger partial charge in [0.15, 0.2) is 0 Å². The van der Waals surface area contributed by atoms with E-state index in [1.165, 1.54) is 50.3 Å². The molecule has 1 aromatic heterocycles. The molecular weight excluding hydrogens is 220 g/mol. The van der Waals surface area contributed by atoms with Gasteiger partial charge in [0.1, 0.15) is 5.82 Å². The number of likely N-dealkylation sites (tertiary alicyclic amines) is 1. The quantitative estimate of drug-likeness (QED) is 0.851. The smallest absolute Gasteiger partial charge is 0.202 e. The van der Waals surface area contributed by atoms with Crippen LogP contribution >= 0.6 is 11.5 Å². The number of hydrogen-bond acceptors (Lipinski definition) is 5. The molecule has 3 rings (SSSR count). The summed E-state index contributed by atoms with van der Waals surface area (Å²) in [6.07, 6.45) is 5.29. The van der Waals surface area contributed by atoms with Crippen molar-refractivity contribution in [3.05, 3.63) is 5.82 Å². The Morgan fingerprint density at radius 2 is 2.12 bits per heavy atom. The molecule has 88 valence electrons. The minimum atomic E-state index is 0.672. The van der Waals surface area contributed by atoms with E-state index >= 15 is 0 Å². The van der Waals surface area contributed by atoms with Crippen LogP contribution in [0.15, 0.2) is 0 Å². The molecule has 0 unspecified atom stereocenters. The van der Waals surface area contributed by atoms with E-state index in [9.17, 15) is 0 Å². The second-order valence-corrected chi connectivity index (χ2v) is 5.46. The van der Waals surface area contributed by atoms with Crippen molar-refractivity contribution in [3.63, 3.8) is 0 Å². The van der Waals surface area contributed by atoms with Gasteiger partial charge >= 0.3 is 0 Å². The van der Waals surface area contributed by atoms with Crippen molar-refractivity contribution < 1.29 is 0 Å². The van der Waals surface area contributed by atoms with Crippen molar-refractivity contribution >= 4 is 16.7 Å². The molecule has 5 heteroatoms. The molecule has 0 aromatic carbocycles. The summed E-state index contributed by atoms with van der Waals surface area (Å²) in [4.78, 5) is 7.02. The van der Waals surface area contributed by atoms with Crippen LogP contribution in [0.4, 0.5) is 5.13 Å². The van der Waals surface area contributed by atoms with Crippen LogP contribution in [0, 0.1) is 0 Å². The number of nitrogens with zero attached hydrogens (tertiary/aromatic N) is 3. The minimum Gasteiger partial charge on any atom is -0.359 e. The minimum absolute atomic E-state index is 0.672. The van der Waals surface area contributed by atoms with Gasteiger partial charge in [0, 0.05) is 30.5 Å². The summed E-state index contributed by atoms with van der Waals surface area (Å²) < 4.78 is 4.38. The molecule has 4 nitrogen and oxygen atoms in total. The first-order valence-corrected chi connectivity index (χ1v) is 6.99. The zero-order chi connectivity index (χ0) is 10.8. The van der Waals surface area contributed by atoms with Crippen LogP contribution in [-0.4, -0.2) is 40.4 Å². The highest BCUT2D eigenvalue weighted by Gasteiger charge is 2.27. The fourth-order valence-corrected chi connectivity index (χ4v) is 2.81. The third-order valence-electron chi connectivity index (χ3n) is 3.29. The highest BCUT2D eigenvalue weighted by molar-refractivity contribution is 7.09. The van der Waals surface area contributed by atoms with E-state index in [1.54, 1.807) is 0 Å². The average molecular weight is 238 g/mol. The van der Waals surface area contributed by atoms with E-state index in [2.05, 4.69) is 19.6 Å². The second kappa shape index (κ2) is 4.67. The lowest BCUT2D eigenvalue weighted by atomic mass is 10.4. The second-order valence-electron chi connectivity index (χ2n) is 4.71. The number of hydrogen-bond donors (Lipinski definition) is 1. The van der Waals surface area contributed by atoms with Crippen molar-refractivity contribution in [2.45, 2.75) is 31.6 Å². The molecule has 2 fully saturated rings. The van der Waals surface area contributed by atoms with E-state index in [4.69, 9.17) is 0 Å². The Balaban J connectivity index is 1.42. The normalized spacial score (nSPS) is 21.5. The monoisotopic (exact) mass is 238 g/mol. The maximum absolute atomic E-state index is 4.51. The molecule has 0 radical (unpaired) electrons. The molecular formula is C11H18N4S. The van der Waals surface area contributed by atoms with Gasteiger partial charge < -0.3 is 10.2 Å². The SMILES string of the molecule is C1CCN(CCNc2nc(C3CC3)ns2)C1. The lowest BCUT2D eigenvalue weighted by molar-refractivity contribution is 0.352. The number of nitrogens with one attached hydrogen (secondary N) is 1. The van der Waals surface area contributed by atoms with Crippen LogP contribution in [0.2, 0.25) is 0 Å². The van der Waals surface area contributed by atoms with Crippen LogP contribution in [0.5, 0.6) is 0 Å². The summed E-state index contributed by atoms with van der Waals surface area (Å²) in [5, 5.41) is 4.38. The van der Waals surface area contributed by atoms with Gasteiger partial charge in [-0.3, -0.25) is 0 Å². The van der Waals surface area contributed by atoms with Crippen molar-refractivity contribution in [2.75, 3.05) is 31.5 Å². The molecule has 16 heavy (non-hydrogen) atoms. The van der Waals surface area contributed by atoms with Crippen molar-refractivity contribution in [3.8, 4) is 0 Å². The Kier molecular flexibility index (Phi) is 3.06. The molecule has 0 bridgehead atoms. The van der Waals surface area contributed by atoms with Crippen LogP contribution in [0.25, 0.3) is 0 Å². The van der Waals surface area contributed by atoms with Gasteiger partial charge in [0.25, 0.3) is 0 Å². The van der Waals surface area contributed by atoms with Gasteiger partial charge in [-0.05, 0) is 38.8 Å². The van der Waals surface area contributed by atoms with Crippen molar-refractivity contribution in [1.82, 2.24) is 14.3 Å². The Morgan fingerprint density at radius 1 is 1.31 bits per heavy atom. The Labute approximate surface area is 100 Å². The fourth-order valence-electron chi connectivity index (χ4n) is 2.14. The summed E-state index contributed by atoms with van der Waals surface area (Å²) in [6, 6.07) is 0. The lowest BCUT2D eigenvalue weighted by Crippen LogP contribution is -2.25. The molecule has 0 atom stereocenters. The van der Waals surface area contributed by atoms with Gasteiger partial charge in [0.05, 0.1) is 0 Å². The van der Waals surface area contributed by atoms with Crippen molar-refractivity contribution in [1.29, 1.82) is 0 Å². The molecule has 1 aliphatic carbocycles. The molecule has 1 N–H and O–H groups in total. The topological polar surface area (TPSA) is 41.0 Å². The standard InChI is InChI=1S/C11H18N4S/c1-2-7-15(6-1)8-5-12-11-13-10(14-16-11)9-3-4-9/h9H,1-8H2,(H,12,13,14). The maximum atomic E-state index is 4.51. The molecule has 2 aliphatic rings. The van der Waals surface area contributed by atoms with E-state index in [-0.39, 0.29) is 0 Å². The summed E-state index contributed by atoms with van der Waals surface area (Å²) in [5.74, 6) is 1.74. The van der Waals surface area contributed by atoms with E-state index in [0.717, 1.165) is 24.0 Å². The van der Waals surface area contributed by atoms with E-state index < -0.39 is 0 Å². The predicted molar refractivity (Wildman–Crippen MR) is 66.0 cm³/mol. The van der Waals surface area contributed by atoms with Gasteiger partial charge in [-0.2, -0.15) is 4.37 Å². The summed E-state index contributed by atoms with van der Waals surface area (Å²) >= 11 is 1.51. The first-order chi connectivity index (χ1) is 7.92. The van der Waals surface area contributed by atoms with Gasteiger partial charge in [-0.15, -0.1) is 0 Å².